The number of hydrogen-bond donors (Lipinski definition) is 3. The number of carbonyl (C=O) groups is 2. The molecule has 2 rings (SSSR count). The second-order valence-corrected chi connectivity index (χ2v) is 7.35. The van der Waals surface area contributed by atoms with Crippen molar-refractivity contribution in [3.05, 3.63) is 35.4 Å². The van der Waals surface area contributed by atoms with Gasteiger partial charge in [0, 0.05) is 12.1 Å². The first kappa shape index (κ1) is 19.4. The Kier molecular flexibility index (Phi) is 7.44. The van der Waals surface area contributed by atoms with Crippen LogP contribution in [-0.2, 0) is 4.79 Å². The number of aryl methyl sites for hydroxylation is 1. The van der Waals surface area contributed by atoms with Crippen molar-refractivity contribution < 1.29 is 9.59 Å². The molecule has 0 saturated carbocycles. The number of nitrogens with one attached hydrogen (secondary N) is 3. The number of hydrogen-bond acceptors (Lipinski definition) is 3. The van der Waals surface area contributed by atoms with Crippen molar-refractivity contribution in [1.82, 2.24) is 16.0 Å². The summed E-state index contributed by atoms with van der Waals surface area (Å²) in [5, 5.41) is 9.27. The fraction of sp³-hybridized carbons (Fsp3) is 0.600. The summed E-state index contributed by atoms with van der Waals surface area (Å²) in [6.45, 7) is 8.68. The SMILES string of the molecule is Cc1ccc(C(=O)NC(C(=O)NCCC2CCCNC2)C(C)C)cc1. The van der Waals surface area contributed by atoms with Gasteiger partial charge in [0.2, 0.25) is 5.91 Å². The van der Waals surface area contributed by atoms with E-state index in [4.69, 9.17) is 0 Å². The summed E-state index contributed by atoms with van der Waals surface area (Å²) in [7, 11) is 0. The molecular formula is C20H31N3O2. The van der Waals surface area contributed by atoms with Gasteiger partial charge < -0.3 is 16.0 Å². The van der Waals surface area contributed by atoms with Crippen LogP contribution in [0.2, 0.25) is 0 Å². The van der Waals surface area contributed by atoms with Crippen LogP contribution in [0.5, 0.6) is 0 Å². The lowest BCUT2D eigenvalue weighted by molar-refractivity contribution is -0.124. The van der Waals surface area contributed by atoms with Gasteiger partial charge in [-0.05, 0) is 63.2 Å². The lowest BCUT2D eigenvalue weighted by Crippen LogP contribution is -2.50. The average Bonchev–Trinajstić information content (AvgIpc) is 2.60. The maximum Gasteiger partial charge on any atom is 0.251 e. The molecule has 25 heavy (non-hydrogen) atoms. The lowest BCUT2D eigenvalue weighted by Gasteiger charge is -2.24. The minimum Gasteiger partial charge on any atom is -0.354 e. The van der Waals surface area contributed by atoms with E-state index in [0.717, 1.165) is 25.1 Å². The van der Waals surface area contributed by atoms with Crippen molar-refractivity contribution in [1.29, 1.82) is 0 Å². The standard InChI is InChI=1S/C20H31N3O2/c1-14(2)18(23-19(24)17-8-6-15(3)7-9-17)20(25)22-12-10-16-5-4-11-21-13-16/h6-9,14,16,18,21H,4-5,10-13H2,1-3H3,(H,22,25)(H,23,24). The molecule has 0 aliphatic carbocycles. The Morgan fingerprint density at radius 3 is 2.56 bits per heavy atom. The zero-order valence-electron chi connectivity index (χ0n) is 15.6. The van der Waals surface area contributed by atoms with Crippen LogP contribution < -0.4 is 16.0 Å². The predicted octanol–water partition coefficient (Wildman–Crippen LogP) is 2.26. The summed E-state index contributed by atoms with van der Waals surface area (Å²) < 4.78 is 0. The van der Waals surface area contributed by atoms with E-state index >= 15 is 0 Å². The summed E-state index contributed by atoms with van der Waals surface area (Å²) in [6.07, 6.45) is 3.41. The highest BCUT2D eigenvalue weighted by Crippen LogP contribution is 2.13. The Hall–Kier alpha value is -1.88. The third kappa shape index (κ3) is 6.16. The molecule has 1 aliphatic heterocycles. The van der Waals surface area contributed by atoms with E-state index in [0.29, 0.717) is 18.0 Å². The molecule has 0 radical (unpaired) electrons. The zero-order chi connectivity index (χ0) is 18.2. The van der Waals surface area contributed by atoms with Gasteiger partial charge in [0.15, 0.2) is 0 Å². The lowest BCUT2D eigenvalue weighted by atomic mass is 9.96. The second-order valence-electron chi connectivity index (χ2n) is 7.35. The van der Waals surface area contributed by atoms with Crippen LogP contribution in [0.15, 0.2) is 24.3 Å². The monoisotopic (exact) mass is 345 g/mol. The Labute approximate surface area is 151 Å². The maximum atomic E-state index is 12.5. The number of piperidine rings is 1. The van der Waals surface area contributed by atoms with Gasteiger partial charge >= 0.3 is 0 Å². The number of benzene rings is 1. The Morgan fingerprint density at radius 2 is 1.96 bits per heavy atom. The Balaban J connectivity index is 1.84. The van der Waals surface area contributed by atoms with E-state index in [2.05, 4.69) is 16.0 Å². The van der Waals surface area contributed by atoms with Crippen molar-refractivity contribution in [2.45, 2.75) is 46.1 Å². The van der Waals surface area contributed by atoms with Gasteiger partial charge in [0.1, 0.15) is 6.04 Å². The highest BCUT2D eigenvalue weighted by atomic mass is 16.2. The minimum atomic E-state index is -0.515. The normalized spacial score (nSPS) is 18.6. The van der Waals surface area contributed by atoms with Gasteiger partial charge in [-0.15, -0.1) is 0 Å². The molecule has 1 heterocycles. The quantitative estimate of drug-likeness (QED) is 0.710. The van der Waals surface area contributed by atoms with Crippen LogP contribution in [0.4, 0.5) is 0 Å². The number of amides is 2. The highest BCUT2D eigenvalue weighted by molar-refractivity contribution is 5.97. The molecule has 2 amide bonds. The van der Waals surface area contributed by atoms with Crippen molar-refractivity contribution in [2.75, 3.05) is 19.6 Å². The van der Waals surface area contributed by atoms with Crippen LogP contribution in [-0.4, -0.2) is 37.5 Å². The van der Waals surface area contributed by atoms with Crippen LogP contribution in [0.25, 0.3) is 0 Å². The second kappa shape index (κ2) is 9.56. The van der Waals surface area contributed by atoms with E-state index in [9.17, 15) is 9.59 Å². The first-order chi connectivity index (χ1) is 12.0. The summed E-state index contributed by atoms with van der Waals surface area (Å²) in [5.74, 6) is 0.365. The van der Waals surface area contributed by atoms with E-state index in [1.807, 2.05) is 32.9 Å². The van der Waals surface area contributed by atoms with E-state index < -0.39 is 6.04 Å². The summed E-state index contributed by atoms with van der Waals surface area (Å²) in [4.78, 5) is 24.9. The molecular weight excluding hydrogens is 314 g/mol. The molecule has 138 valence electrons. The van der Waals surface area contributed by atoms with Gasteiger partial charge in [-0.3, -0.25) is 9.59 Å². The molecule has 0 bridgehead atoms. The Bertz CT molecular complexity index is 563. The molecule has 2 atom stereocenters. The molecule has 0 spiro atoms. The third-order valence-electron chi connectivity index (χ3n) is 4.80. The van der Waals surface area contributed by atoms with Crippen LogP contribution in [0, 0.1) is 18.8 Å². The van der Waals surface area contributed by atoms with Gasteiger partial charge in [-0.1, -0.05) is 31.5 Å². The van der Waals surface area contributed by atoms with Crippen molar-refractivity contribution in [3.63, 3.8) is 0 Å². The number of carbonyl (C=O) groups excluding carboxylic acids is 2. The van der Waals surface area contributed by atoms with Crippen LogP contribution >= 0.6 is 0 Å². The molecule has 1 fully saturated rings. The molecule has 0 aromatic heterocycles. The highest BCUT2D eigenvalue weighted by Gasteiger charge is 2.24. The zero-order valence-corrected chi connectivity index (χ0v) is 15.6. The third-order valence-corrected chi connectivity index (χ3v) is 4.80. The molecule has 5 heteroatoms. The minimum absolute atomic E-state index is 0.0331. The fourth-order valence-electron chi connectivity index (χ4n) is 3.14. The first-order valence-corrected chi connectivity index (χ1v) is 9.33. The summed E-state index contributed by atoms with van der Waals surface area (Å²) in [6, 6.07) is 6.86. The van der Waals surface area contributed by atoms with Crippen molar-refractivity contribution >= 4 is 11.8 Å². The summed E-state index contributed by atoms with van der Waals surface area (Å²) >= 11 is 0. The molecule has 2 unspecified atom stereocenters. The van der Waals surface area contributed by atoms with Gasteiger partial charge in [0.25, 0.3) is 5.91 Å². The van der Waals surface area contributed by atoms with Gasteiger partial charge in [-0.2, -0.15) is 0 Å². The van der Waals surface area contributed by atoms with E-state index in [1.165, 1.54) is 12.8 Å². The smallest absolute Gasteiger partial charge is 0.251 e. The predicted molar refractivity (Wildman–Crippen MR) is 100 cm³/mol. The largest absolute Gasteiger partial charge is 0.354 e. The van der Waals surface area contributed by atoms with E-state index in [-0.39, 0.29) is 17.7 Å². The van der Waals surface area contributed by atoms with Crippen molar-refractivity contribution in [3.8, 4) is 0 Å². The first-order valence-electron chi connectivity index (χ1n) is 9.33. The van der Waals surface area contributed by atoms with Gasteiger partial charge in [-0.25, -0.2) is 0 Å². The molecule has 1 saturated heterocycles. The average molecular weight is 345 g/mol. The number of rotatable bonds is 7. The molecule has 1 aromatic rings. The van der Waals surface area contributed by atoms with E-state index in [1.54, 1.807) is 12.1 Å². The molecule has 1 aliphatic rings. The van der Waals surface area contributed by atoms with Gasteiger partial charge in [0.05, 0.1) is 0 Å². The molecule has 3 N–H and O–H groups in total. The van der Waals surface area contributed by atoms with Crippen molar-refractivity contribution in [2.24, 2.45) is 11.8 Å². The maximum absolute atomic E-state index is 12.5. The van der Waals surface area contributed by atoms with Crippen LogP contribution in [0.3, 0.4) is 0 Å². The summed E-state index contributed by atoms with van der Waals surface area (Å²) in [5.41, 5.74) is 1.68. The fourth-order valence-corrected chi connectivity index (χ4v) is 3.14. The molecule has 1 aromatic carbocycles. The topological polar surface area (TPSA) is 70.2 Å². The Morgan fingerprint density at radius 1 is 1.24 bits per heavy atom. The molecule has 5 nitrogen and oxygen atoms in total. The van der Waals surface area contributed by atoms with Crippen LogP contribution in [0.1, 0.15) is 49.0 Å².